The van der Waals surface area contributed by atoms with Gasteiger partial charge in [-0.15, -0.1) is 0 Å². The first-order valence-electron chi connectivity index (χ1n) is 9.10. The maximum Gasteiger partial charge on any atom is 0.248 e. The quantitative estimate of drug-likeness (QED) is 0.720. The van der Waals surface area contributed by atoms with Gasteiger partial charge < -0.3 is 20.5 Å². The summed E-state index contributed by atoms with van der Waals surface area (Å²) in [6.07, 6.45) is 3.08. The predicted octanol–water partition coefficient (Wildman–Crippen LogP) is 3.80. The summed E-state index contributed by atoms with van der Waals surface area (Å²) in [5.74, 6) is 0.479. The molecule has 5 heteroatoms. The number of anilines is 2. The van der Waals surface area contributed by atoms with Gasteiger partial charge in [0.05, 0.1) is 18.8 Å². The molecule has 0 aromatic heterocycles. The molecular formula is C22H26N2O3. The highest BCUT2D eigenvalue weighted by Gasteiger charge is 2.18. The third-order valence-corrected chi connectivity index (χ3v) is 4.47. The van der Waals surface area contributed by atoms with Crippen molar-refractivity contribution in [2.75, 3.05) is 23.8 Å². The third-order valence-electron chi connectivity index (χ3n) is 4.47. The highest BCUT2D eigenvalue weighted by atomic mass is 16.5. The van der Waals surface area contributed by atoms with Crippen LogP contribution in [0.25, 0.3) is 6.08 Å². The van der Waals surface area contributed by atoms with Crippen LogP contribution in [-0.2, 0) is 10.2 Å². The second kappa shape index (κ2) is 7.84. The van der Waals surface area contributed by atoms with Crippen LogP contribution in [0.2, 0.25) is 0 Å². The molecule has 3 N–H and O–H groups in total. The van der Waals surface area contributed by atoms with Gasteiger partial charge in [-0.3, -0.25) is 4.79 Å². The molecule has 0 saturated carbocycles. The van der Waals surface area contributed by atoms with Gasteiger partial charge in [0.15, 0.2) is 0 Å². The molecule has 1 amide bonds. The minimum Gasteiger partial charge on any atom is -0.484 e. The number of benzene rings is 2. The van der Waals surface area contributed by atoms with Crippen molar-refractivity contribution in [2.45, 2.75) is 32.3 Å². The average molecular weight is 366 g/mol. The highest BCUT2D eigenvalue weighted by Crippen LogP contribution is 2.31. The van der Waals surface area contributed by atoms with Crippen LogP contribution in [0.4, 0.5) is 11.4 Å². The standard InChI is InChI=1S/C22H26N2O3/c1-22(2,3)16-7-4-15(5-8-16)6-11-21(26)24-17-9-10-20-19(12-17)23-13-18(14-25)27-20/h4-12,18,23,25H,13-14H2,1-3H3,(H,24,26)/b11-6+. The van der Waals surface area contributed by atoms with Gasteiger partial charge >= 0.3 is 0 Å². The van der Waals surface area contributed by atoms with Gasteiger partial charge in [0.25, 0.3) is 0 Å². The zero-order valence-corrected chi connectivity index (χ0v) is 16.0. The van der Waals surface area contributed by atoms with Gasteiger partial charge in [0.2, 0.25) is 5.91 Å². The van der Waals surface area contributed by atoms with E-state index < -0.39 is 0 Å². The maximum atomic E-state index is 12.2. The normalized spacial score (nSPS) is 16.4. The third kappa shape index (κ3) is 4.89. The van der Waals surface area contributed by atoms with Crippen LogP contribution in [0.1, 0.15) is 31.9 Å². The van der Waals surface area contributed by atoms with E-state index in [2.05, 4.69) is 43.5 Å². The molecule has 0 aliphatic carbocycles. The molecule has 27 heavy (non-hydrogen) atoms. The molecule has 142 valence electrons. The number of hydrogen-bond donors (Lipinski definition) is 3. The van der Waals surface area contributed by atoms with Crippen LogP contribution in [0, 0.1) is 0 Å². The molecule has 0 bridgehead atoms. The lowest BCUT2D eigenvalue weighted by molar-refractivity contribution is -0.111. The number of ether oxygens (including phenoxy) is 1. The van der Waals surface area contributed by atoms with Crippen molar-refractivity contribution < 1.29 is 14.6 Å². The van der Waals surface area contributed by atoms with E-state index >= 15 is 0 Å². The first-order chi connectivity index (χ1) is 12.8. The Balaban J connectivity index is 1.62. The van der Waals surface area contributed by atoms with Gasteiger partial charge in [-0.05, 0) is 40.8 Å². The fraction of sp³-hybridized carbons (Fsp3) is 0.318. The Hall–Kier alpha value is -2.79. The van der Waals surface area contributed by atoms with Crippen LogP contribution in [0.15, 0.2) is 48.5 Å². The van der Waals surface area contributed by atoms with Crippen molar-refractivity contribution in [1.82, 2.24) is 0 Å². The van der Waals surface area contributed by atoms with Gasteiger partial charge in [-0.25, -0.2) is 0 Å². The van der Waals surface area contributed by atoms with E-state index in [9.17, 15) is 4.79 Å². The molecule has 1 heterocycles. The molecule has 0 radical (unpaired) electrons. The van der Waals surface area contributed by atoms with Crippen molar-refractivity contribution in [2.24, 2.45) is 0 Å². The van der Waals surface area contributed by atoms with Gasteiger partial charge in [-0.2, -0.15) is 0 Å². The van der Waals surface area contributed by atoms with Crippen LogP contribution >= 0.6 is 0 Å². The second-order valence-corrected chi connectivity index (χ2v) is 7.71. The number of aliphatic hydroxyl groups excluding tert-OH is 1. The van der Waals surface area contributed by atoms with E-state index in [1.807, 2.05) is 18.2 Å². The number of fused-ring (bicyclic) bond motifs is 1. The molecule has 0 saturated heterocycles. The summed E-state index contributed by atoms with van der Waals surface area (Å²) in [4.78, 5) is 12.2. The summed E-state index contributed by atoms with van der Waals surface area (Å²) in [5.41, 5.74) is 3.84. The monoisotopic (exact) mass is 366 g/mol. The van der Waals surface area contributed by atoms with Crippen LogP contribution in [-0.4, -0.2) is 30.3 Å². The molecule has 0 spiro atoms. The number of rotatable bonds is 4. The highest BCUT2D eigenvalue weighted by molar-refractivity contribution is 6.02. The predicted molar refractivity (Wildman–Crippen MR) is 109 cm³/mol. The van der Waals surface area contributed by atoms with E-state index in [0.29, 0.717) is 18.0 Å². The molecule has 1 aliphatic rings. The van der Waals surface area contributed by atoms with E-state index in [1.54, 1.807) is 18.2 Å². The van der Waals surface area contributed by atoms with Crippen molar-refractivity contribution >= 4 is 23.4 Å². The second-order valence-electron chi connectivity index (χ2n) is 7.71. The van der Waals surface area contributed by atoms with E-state index in [-0.39, 0.29) is 24.0 Å². The smallest absolute Gasteiger partial charge is 0.248 e. The van der Waals surface area contributed by atoms with Crippen LogP contribution < -0.4 is 15.4 Å². The Labute approximate surface area is 160 Å². The summed E-state index contributed by atoms with van der Waals surface area (Å²) < 4.78 is 5.64. The zero-order valence-electron chi connectivity index (χ0n) is 16.0. The van der Waals surface area contributed by atoms with Crippen molar-refractivity contribution in [3.63, 3.8) is 0 Å². The molecule has 1 aliphatic heterocycles. The summed E-state index contributed by atoms with van der Waals surface area (Å²) in [5, 5.41) is 15.2. The lowest BCUT2D eigenvalue weighted by Crippen LogP contribution is -2.33. The van der Waals surface area contributed by atoms with Gasteiger partial charge in [0.1, 0.15) is 11.9 Å². The molecule has 5 nitrogen and oxygen atoms in total. The number of hydrogen-bond acceptors (Lipinski definition) is 4. The number of carbonyl (C=O) groups excluding carboxylic acids is 1. The molecular weight excluding hydrogens is 340 g/mol. The van der Waals surface area contributed by atoms with Crippen molar-refractivity contribution in [3.8, 4) is 5.75 Å². The van der Waals surface area contributed by atoms with E-state index in [1.165, 1.54) is 11.6 Å². The number of nitrogens with one attached hydrogen (secondary N) is 2. The molecule has 2 aromatic rings. The largest absolute Gasteiger partial charge is 0.484 e. The zero-order chi connectivity index (χ0) is 19.4. The Morgan fingerprint density at radius 2 is 2.00 bits per heavy atom. The molecule has 3 rings (SSSR count). The fourth-order valence-electron chi connectivity index (χ4n) is 2.85. The molecule has 2 aromatic carbocycles. The topological polar surface area (TPSA) is 70.6 Å². The Bertz CT molecular complexity index is 836. The summed E-state index contributed by atoms with van der Waals surface area (Å²) in [6, 6.07) is 13.6. The lowest BCUT2D eigenvalue weighted by atomic mass is 9.87. The molecule has 0 fully saturated rings. The van der Waals surface area contributed by atoms with Crippen LogP contribution in [0.5, 0.6) is 5.75 Å². The Kier molecular flexibility index (Phi) is 5.51. The van der Waals surface area contributed by atoms with Crippen molar-refractivity contribution in [3.05, 3.63) is 59.7 Å². The fourth-order valence-corrected chi connectivity index (χ4v) is 2.85. The van der Waals surface area contributed by atoms with E-state index in [0.717, 1.165) is 11.3 Å². The van der Waals surface area contributed by atoms with E-state index in [4.69, 9.17) is 9.84 Å². The maximum absolute atomic E-state index is 12.2. The SMILES string of the molecule is CC(C)(C)c1ccc(/C=C/C(=O)Nc2ccc3c(c2)NCC(CO)O3)cc1. The van der Waals surface area contributed by atoms with Gasteiger partial charge in [0, 0.05) is 11.8 Å². The number of amides is 1. The minimum atomic E-state index is -0.245. The van der Waals surface area contributed by atoms with Crippen molar-refractivity contribution in [1.29, 1.82) is 0 Å². The molecule has 1 unspecified atom stereocenters. The Morgan fingerprint density at radius 1 is 1.26 bits per heavy atom. The summed E-state index contributed by atoms with van der Waals surface area (Å²) in [7, 11) is 0. The summed E-state index contributed by atoms with van der Waals surface area (Å²) in [6.45, 7) is 7.02. The van der Waals surface area contributed by atoms with Crippen LogP contribution in [0.3, 0.4) is 0 Å². The van der Waals surface area contributed by atoms with Gasteiger partial charge in [-0.1, -0.05) is 45.0 Å². The lowest BCUT2D eigenvalue weighted by Gasteiger charge is -2.26. The minimum absolute atomic E-state index is 0.0353. The first-order valence-corrected chi connectivity index (χ1v) is 9.10. The Morgan fingerprint density at radius 3 is 2.67 bits per heavy atom. The number of aliphatic hydroxyl groups is 1. The molecule has 1 atom stereocenters. The summed E-state index contributed by atoms with van der Waals surface area (Å²) >= 11 is 0. The average Bonchev–Trinajstić information content (AvgIpc) is 2.65. The first kappa shape index (κ1) is 19.0. The number of carbonyl (C=O) groups is 1.